The van der Waals surface area contributed by atoms with E-state index in [4.69, 9.17) is 4.98 Å². The molecule has 1 aromatic heterocycles. The zero-order valence-electron chi connectivity index (χ0n) is 12.7. The van der Waals surface area contributed by atoms with Gasteiger partial charge in [0.2, 0.25) is 0 Å². The minimum Gasteiger partial charge on any atom is -0.268 e. The van der Waals surface area contributed by atoms with Gasteiger partial charge in [0.25, 0.3) is 5.56 Å². The number of benzene rings is 1. The van der Waals surface area contributed by atoms with Crippen molar-refractivity contribution in [3.8, 4) is 5.69 Å². The van der Waals surface area contributed by atoms with Gasteiger partial charge >= 0.3 is 0 Å². The Kier molecular flexibility index (Phi) is 4.45. The fourth-order valence-corrected chi connectivity index (χ4v) is 4.31. The fraction of sp³-hybridized carbons (Fsp3) is 0.294. The Hall–Kier alpha value is -1.46. The van der Waals surface area contributed by atoms with E-state index < -0.39 is 0 Å². The van der Waals surface area contributed by atoms with Gasteiger partial charge in [-0.15, -0.1) is 18.3 Å². The van der Waals surface area contributed by atoms with Crippen LogP contribution in [0.3, 0.4) is 0 Å². The second-order valence-corrected chi connectivity index (χ2v) is 7.81. The van der Waals surface area contributed by atoms with E-state index in [9.17, 15) is 4.79 Å². The highest BCUT2D eigenvalue weighted by atomic mass is 32.2. The Morgan fingerprint density at radius 2 is 2.18 bits per heavy atom. The molecule has 0 radical (unpaired) electrons. The summed E-state index contributed by atoms with van der Waals surface area (Å²) in [5, 5.41) is 1.17. The van der Waals surface area contributed by atoms with Crippen LogP contribution in [0, 0.1) is 6.92 Å². The second-order valence-electron chi connectivity index (χ2n) is 5.38. The van der Waals surface area contributed by atoms with Gasteiger partial charge in [-0.2, -0.15) is 0 Å². The Balaban J connectivity index is 2.18. The molecule has 3 rings (SSSR count). The number of aromatic nitrogens is 2. The number of aryl methyl sites for hydroxylation is 1. The lowest BCUT2D eigenvalue weighted by Gasteiger charge is -2.13. The van der Waals surface area contributed by atoms with Crippen LogP contribution in [-0.4, -0.2) is 20.6 Å². The molecular weight excluding hydrogens is 312 g/mol. The summed E-state index contributed by atoms with van der Waals surface area (Å²) in [5.74, 6) is 0.736. The number of hydrogen-bond donors (Lipinski definition) is 0. The Labute approximate surface area is 138 Å². The molecule has 0 saturated heterocycles. The lowest BCUT2D eigenvalue weighted by molar-refractivity contribution is 0.731. The van der Waals surface area contributed by atoms with Gasteiger partial charge in [0.05, 0.1) is 16.3 Å². The normalized spacial score (nSPS) is 16.5. The molecule has 2 aromatic rings. The molecule has 0 bridgehead atoms. The lowest BCUT2D eigenvalue weighted by atomic mass is 10.2. The summed E-state index contributed by atoms with van der Waals surface area (Å²) in [4.78, 5) is 18.5. The van der Waals surface area contributed by atoms with Gasteiger partial charge in [-0.1, -0.05) is 42.5 Å². The minimum absolute atomic E-state index is 0.0507. The van der Waals surface area contributed by atoms with Crippen LogP contribution in [0.15, 0.2) is 51.8 Å². The first-order valence-electron chi connectivity index (χ1n) is 7.23. The molecule has 1 atom stereocenters. The van der Waals surface area contributed by atoms with E-state index in [1.54, 1.807) is 28.1 Å². The van der Waals surface area contributed by atoms with Crippen molar-refractivity contribution in [2.45, 2.75) is 35.6 Å². The third-order valence-electron chi connectivity index (χ3n) is 3.50. The molecule has 1 aliphatic heterocycles. The summed E-state index contributed by atoms with van der Waals surface area (Å²) in [6.07, 6.45) is 2.70. The molecule has 1 aliphatic rings. The van der Waals surface area contributed by atoms with Crippen LogP contribution in [0.2, 0.25) is 0 Å². The minimum atomic E-state index is 0.0507. The Bertz CT molecular complexity index is 765. The average Bonchev–Trinajstić information content (AvgIpc) is 2.87. The summed E-state index contributed by atoms with van der Waals surface area (Å²) >= 11 is 3.19. The van der Waals surface area contributed by atoms with Gasteiger partial charge < -0.3 is 0 Å². The summed E-state index contributed by atoms with van der Waals surface area (Å²) in [5.41, 5.74) is 3.04. The van der Waals surface area contributed by atoms with Crippen molar-refractivity contribution in [3.05, 3.63) is 58.5 Å². The molecule has 114 valence electrons. The van der Waals surface area contributed by atoms with Crippen molar-refractivity contribution in [2.24, 2.45) is 0 Å². The number of thioether (sulfide) groups is 2. The van der Waals surface area contributed by atoms with E-state index in [1.165, 1.54) is 5.56 Å². The van der Waals surface area contributed by atoms with Crippen molar-refractivity contribution < 1.29 is 0 Å². The molecule has 3 nitrogen and oxygen atoms in total. The maximum atomic E-state index is 12.9. The van der Waals surface area contributed by atoms with Crippen LogP contribution >= 0.6 is 23.5 Å². The zero-order valence-corrected chi connectivity index (χ0v) is 14.3. The topological polar surface area (TPSA) is 34.9 Å². The molecule has 2 heterocycles. The van der Waals surface area contributed by atoms with Gasteiger partial charge in [0, 0.05) is 17.4 Å². The molecule has 0 N–H and O–H groups in total. The first-order chi connectivity index (χ1) is 10.6. The number of fused-ring (bicyclic) bond motifs is 1. The van der Waals surface area contributed by atoms with Crippen LogP contribution in [0.5, 0.6) is 0 Å². The molecule has 1 unspecified atom stereocenters. The quantitative estimate of drug-likeness (QED) is 0.484. The average molecular weight is 330 g/mol. The van der Waals surface area contributed by atoms with E-state index in [1.807, 2.05) is 37.3 Å². The van der Waals surface area contributed by atoms with Gasteiger partial charge in [0.1, 0.15) is 0 Å². The van der Waals surface area contributed by atoms with E-state index in [2.05, 4.69) is 13.5 Å². The first-order valence-corrected chi connectivity index (χ1v) is 9.10. The molecule has 0 spiro atoms. The highest BCUT2D eigenvalue weighted by Crippen LogP contribution is 2.34. The van der Waals surface area contributed by atoms with Crippen LogP contribution in [0.4, 0.5) is 0 Å². The number of nitrogens with zero attached hydrogens (tertiary/aromatic N) is 2. The third kappa shape index (κ3) is 2.88. The van der Waals surface area contributed by atoms with Crippen molar-refractivity contribution in [3.63, 3.8) is 0 Å². The summed E-state index contributed by atoms with van der Waals surface area (Å²) < 4.78 is 1.73. The molecule has 0 saturated carbocycles. The van der Waals surface area contributed by atoms with Crippen LogP contribution in [-0.2, 0) is 6.42 Å². The van der Waals surface area contributed by atoms with E-state index >= 15 is 0 Å². The number of rotatable bonds is 4. The molecule has 22 heavy (non-hydrogen) atoms. The summed E-state index contributed by atoms with van der Waals surface area (Å²) in [7, 11) is 0. The fourth-order valence-electron chi connectivity index (χ4n) is 2.45. The van der Waals surface area contributed by atoms with Gasteiger partial charge in [-0.25, -0.2) is 4.98 Å². The zero-order chi connectivity index (χ0) is 15.7. The Morgan fingerprint density at radius 1 is 1.45 bits per heavy atom. The number of hydrogen-bond acceptors (Lipinski definition) is 4. The lowest BCUT2D eigenvalue weighted by Crippen LogP contribution is -2.23. The predicted molar refractivity (Wildman–Crippen MR) is 94.5 cm³/mol. The van der Waals surface area contributed by atoms with Crippen molar-refractivity contribution in [1.29, 1.82) is 0 Å². The SMILES string of the molecule is C=CCSc1nc2c(c(=O)n1-c1ccc(C)cc1)SC(C)C2. The maximum Gasteiger partial charge on any atom is 0.272 e. The second kappa shape index (κ2) is 6.34. The van der Waals surface area contributed by atoms with Crippen molar-refractivity contribution in [1.82, 2.24) is 9.55 Å². The summed E-state index contributed by atoms with van der Waals surface area (Å²) in [6, 6.07) is 8.00. The van der Waals surface area contributed by atoms with Gasteiger partial charge in [0.15, 0.2) is 5.16 Å². The van der Waals surface area contributed by atoms with Crippen LogP contribution in [0.25, 0.3) is 5.69 Å². The maximum absolute atomic E-state index is 12.9. The van der Waals surface area contributed by atoms with Crippen molar-refractivity contribution in [2.75, 3.05) is 5.75 Å². The summed E-state index contributed by atoms with van der Waals surface area (Å²) in [6.45, 7) is 7.93. The van der Waals surface area contributed by atoms with Crippen LogP contribution < -0.4 is 5.56 Å². The van der Waals surface area contributed by atoms with Gasteiger partial charge in [-0.3, -0.25) is 9.36 Å². The largest absolute Gasteiger partial charge is 0.272 e. The van der Waals surface area contributed by atoms with E-state index in [0.29, 0.717) is 5.25 Å². The van der Waals surface area contributed by atoms with E-state index in [-0.39, 0.29) is 5.56 Å². The first kappa shape index (κ1) is 15.4. The van der Waals surface area contributed by atoms with E-state index in [0.717, 1.165) is 33.6 Å². The predicted octanol–water partition coefficient (Wildman–Crippen LogP) is 3.86. The molecule has 0 fully saturated rings. The third-order valence-corrected chi connectivity index (χ3v) is 5.65. The smallest absolute Gasteiger partial charge is 0.268 e. The highest BCUT2D eigenvalue weighted by molar-refractivity contribution is 8.00. The molecule has 1 aromatic carbocycles. The van der Waals surface area contributed by atoms with Crippen LogP contribution in [0.1, 0.15) is 18.2 Å². The highest BCUT2D eigenvalue weighted by Gasteiger charge is 2.26. The monoisotopic (exact) mass is 330 g/mol. The molecule has 0 amide bonds. The molecule has 0 aliphatic carbocycles. The Morgan fingerprint density at radius 3 is 2.86 bits per heavy atom. The molecular formula is C17H18N2OS2. The standard InChI is InChI=1S/C17H18N2OS2/c1-4-9-21-17-18-14-10-12(3)22-15(14)16(20)19(17)13-7-5-11(2)6-8-13/h4-8,12H,1,9-10H2,2-3H3. The van der Waals surface area contributed by atoms with Crippen molar-refractivity contribution >= 4 is 23.5 Å². The van der Waals surface area contributed by atoms with Gasteiger partial charge in [-0.05, 0) is 19.1 Å². The molecule has 5 heteroatoms.